The van der Waals surface area contributed by atoms with E-state index in [2.05, 4.69) is 10.4 Å². The summed E-state index contributed by atoms with van der Waals surface area (Å²) in [5.41, 5.74) is 2.87. The Bertz CT molecular complexity index is 1220. The first-order valence-corrected chi connectivity index (χ1v) is 10.5. The van der Waals surface area contributed by atoms with Gasteiger partial charge in [-0.25, -0.2) is 4.39 Å². The second kappa shape index (κ2) is 9.85. The van der Waals surface area contributed by atoms with E-state index in [0.717, 1.165) is 11.1 Å². The molecular weight excluding hydrogens is 452 g/mol. The Morgan fingerprint density at radius 2 is 1.72 bits per heavy atom. The van der Waals surface area contributed by atoms with E-state index in [9.17, 15) is 9.18 Å². The van der Waals surface area contributed by atoms with Crippen LogP contribution in [0.25, 0.3) is 0 Å². The third-order valence-electron chi connectivity index (χ3n) is 4.65. The largest absolute Gasteiger partial charge is 0.487 e. The fraction of sp³-hybridized carbons (Fsp3) is 0.0833. The number of carbonyl (C=O) groups excluding carboxylic acids is 1. The van der Waals surface area contributed by atoms with Crippen molar-refractivity contribution in [3.63, 3.8) is 0 Å². The molecule has 0 saturated heterocycles. The van der Waals surface area contributed by atoms with E-state index in [4.69, 9.17) is 27.9 Å². The lowest BCUT2D eigenvalue weighted by atomic mass is 10.1. The van der Waals surface area contributed by atoms with Gasteiger partial charge in [-0.05, 0) is 53.6 Å². The molecule has 162 valence electrons. The van der Waals surface area contributed by atoms with E-state index in [0.29, 0.717) is 40.2 Å². The molecule has 1 N–H and O–H groups in total. The van der Waals surface area contributed by atoms with E-state index < -0.39 is 0 Å². The molecule has 0 spiro atoms. The molecule has 32 heavy (non-hydrogen) atoms. The van der Waals surface area contributed by atoms with Gasteiger partial charge in [-0.1, -0.05) is 47.5 Å². The van der Waals surface area contributed by atoms with E-state index >= 15 is 0 Å². The Morgan fingerprint density at radius 1 is 1.00 bits per heavy atom. The van der Waals surface area contributed by atoms with Crippen LogP contribution < -0.4 is 10.1 Å². The highest BCUT2D eigenvalue weighted by Crippen LogP contribution is 2.28. The Morgan fingerprint density at radius 3 is 2.44 bits per heavy atom. The molecule has 1 aromatic heterocycles. The highest BCUT2D eigenvalue weighted by molar-refractivity contribution is 6.35. The molecule has 0 bridgehead atoms. The number of anilines is 1. The number of nitrogens with one attached hydrogen (secondary N) is 1. The predicted molar refractivity (Wildman–Crippen MR) is 123 cm³/mol. The zero-order valence-electron chi connectivity index (χ0n) is 16.8. The Labute approximate surface area is 194 Å². The van der Waals surface area contributed by atoms with Crippen LogP contribution in [0.15, 0.2) is 79.1 Å². The van der Waals surface area contributed by atoms with Gasteiger partial charge in [-0.15, -0.1) is 0 Å². The van der Waals surface area contributed by atoms with E-state index in [-0.39, 0.29) is 11.7 Å². The zero-order valence-corrected chi connectivity index (χ0v) is 18.3. The minimum atomic E-state index is -0.284. The van der Waals surface area contributed by atoms with Crippen molar-refractivity contribution in [2.45, 2.75) is 13.2 Å². The Balaban J connectivity index is 1.32. The van der Waals surface area contributed by atoms with Gasteiger partial charge in [0.05, 0.1) is 23.5 Å². The van der Waals surface area contributed by atoms with Crippen LogP contribution in [0, 0.1) is 5.82 Å². The highest BCUT2D eigenvalue weighted by atomic mass is 35.5. The summed E-state index contributed by atoms with van der Waals surface area (Å²) >= 11 is 12.0. The average Bonchev–Trinajstić information content (AvgIpc) is 3.22. The molecule has 0 aliphatic heterocycles. The number of carbonyl (C=O) groups is 1. The monoisotopic (exact) mass is 469 g/mol. The molecule has 8 heteroatoms. The second-order valence-electron chi connectivity index (χ2n) is 7.07. The normalized spacial score (nSPS) is 10.7. The molecular formula is C24H18Cl2FN3O2. The molecule has 0 atom stereocenters. The number of rotatable bonds is 7. The van der Waals surface area contributed by atoms with Crippen LogP contribution in [0.1, 0.15) is 21.5 Å². The number of ether oxygens (including phenoxy) is 1. The van der Waals surface area contributed by atoms with Gasteiger partial charge in [-0.3, -0.25) is 9.48 Å². The zero-order chi connectivity index (χ0) is 22.5. The maximum absolute atomic E-state index is 13.0. The second-order valence-corrected chi connectivity index (χ2v) is 7.91. The minimum absolute atomic E-state index is 0.250. The summed E-state index contributed by atoms with van der Waals surface area (Å²) in [5.74, 6) is 0.00334. The molecule has 0 saturated carbocycles. The minimum Gasteiger partial charge on any atom is -0.487 e. The number of aromatic nitrogens is 2. The quantitative estimate of drug-likeness (QED) is 0.350. The van der Waals surface area contributed by atoms with Crippen molar-refractivity contribution in [1.82, 2.24) is 9.78 Å². The summed E-state index contributed by atoms with van der Waals surface area (Å²) in [4.78, 5) is 12.5. The van der Waals surface area contributed by atoms with Crippen LogP contribution in [-0.2, 0) is 13.2 Å². The molecule has 0 radical (unpaired) electrons. The van der Waals surface area contributed by atoms with Crippen molar-refractivity contribution in [1.29, 1.82) is 0 Å². The van der Waals surface area contributed by atoms with Crippen LogP contribution >= 0.6 is 23.2 Å². The summed E-state index contributed by atoms with van der Waals surface area (Å²) in [6.07, 6.45) is 3.29. The van der Waals surface area contributed by atoms with Crippen molar-refractivity contribution in [2.24, 2.45) is 0 Å². The summed E-state index contributed by atoms with van der Waals surface area (Å²) in [6.45, 7) is 0.780. The molecule has 0 unspecified atom stereocenters. The molecule has 1 heterocycles. The van der Waals surface area contributed by atoms with Crippen molar-refractivity contribution in [3.05, 3.63) is 112 Å². The molecule has 5 nitrogen and oxygen atoms in total. The first-order valence-electron chi connectivity index (χ1n) is 9.71. The highest BCUT2D eigenvalue weighted by Gasteiger charge is 2.09. The topological polar surface area (TPSA) is 56.2 Å². The number of benzene rings is 3. The lowest BCUT2D eigenvalue weighted by Gasteiger charge is -2.09. The predicted octanol–water partition coefficient (Wildman–Crippen LogP) is 6.21. The van der Waals surface area contributed by atoms with E-state index in [1.165, 1.54) is 12.1 Å². The van der Waals surface area contributed by atoms with Crippen LogP contribution in [0.5, 0.6) is 5.75 Å². The van der Waals surface area contributed by atoms with Gasteiger partial charge in [0.25, 0.3) is 5.91 Å². The first kappa shape index (κ1) is 21.9. The van der Waals surface area contributed by atoms with Crippen molar-refractivity contribution < 1.29 is 13.9 Å². The van der Waals surface area contributed by atoms with E-state index in [1.54, 1.807) is 59.5 Å². The van der Waals surface area contributed by atoms with Gasteiger partial charge in [0, 0.05) is 16.8 Å². The maximum Gasteiger partial charge on any atom is 0.255 e. The van der Waals surface area contributed by atoms with Gasteiger partial charge in [0.1, 0.15) is 18.2 Å². The summed E-state index contributed by atoms with van der Waals surface area (Å²) in [5, 5.41) is 8.03. The number of amides is 1. The third-order valence-corrected chi connectivity index (χ3v) is 5.18. The molecule has 3 aromatic carbocycles. The molecule has 1 amide bonds. The standard InChI is InChI=1S/C24H18Cl2FN3O2/c25-19-7-10-23(22(26)11-19)32-15-17-1-5-18(6-2-17)24(31)29-21-12-28-30(14-21)13-16-3-8-20(27)9-4-16/h1-12,14H,13,15H2,(H,29,31). The van der Waals surface area contributed by atoms with Gasteiger partial charge in [0.2, 0.25) is 0 Å². The van der Waals surface area contributed by atoms with Crippen molar-refractivity contribution >= 4 is 34.8 Å². The van der Waals surface area contributed by atoms with Crippen molar-refractivity contribution in [2.75, 3.05) is 5.32 Å². The molecule has 0 aliphatic rings. The maximum atomic E-state index is 13.0. The smallest absolute Gasteiger partial charge is 0.255 e. The fourth-order valence-electron chi connectivity index (χ4n) is 3.00. The van der Waals surface area contributed by atoms with Crippen LogP contribution in [0.2, 0.25) is 10.0 Å². The number of hydrogen-bond donors (Lipinski definition) is 1. The number of halogens is 3. The van der Waals surface area contributed by atoms with Gasteiger partial charge in [0.15, 0.2) is 0 Å². The molecule has 4 aromatic rings. The SMILES string of the molecule is O=C(Nc1cnn(Cc2ccc(F)cc2)c1)c1ccc(COc2ccc(Cl)cc2Cl)cc1. The summed E-state index contributed by atoms with van der Waals surface area (Å²) < 4.78 is 20.4. The van der Waals surface area contributed by atoms with Crippen molar-refractivity contribution in [3.8, 4) is 5.75 Å². The number of hydrogen-bond acceptors (Lipinski definition) is 3. The Hall–Kier alpha value is -3.35. The third kappa shape index (κ3) is 5.66. The van der Waals surface area contributed by atoms with Crippen LogP contribution in [-0.4, -0.2) is 15.7 Å². The molecule has 0 fully saturated rings. The van der Waals surface area contributed by atoms with Crippen LogP contribution in [0.3, 0.4) is 0 Å². The van der Waals surface area contributed by atoms with Gasteiger partial charge < -0.3 is 10.1 Å². The Kier molecular flexibility index (Phi) is 6.73. The lowest BCUT2D eigenvalue weighted by Crippen LogP contribution is -2.11. The van der Waals surface area contributed by atoms with Crippen LogP contribution in [0.4, 0.5) is 10.1 Å². The van der Waals surface area contributed by atoms with Gasteiger partial charge >= 0.3 is 0 Å². The molecule has 0 aliphatic carbocycles. The number of nitrogens with zero attached hydrogens (tertiary/aromatic N) is 2. The summed E-state index contributed by atoms with van der Waals surface area (Å²) in [7, 11) is 0. The fourth-order valence-corrected chi connectivity index (χ4v) is 3.46. The summed E-state index contributed by atoms with van der Waals surface area (Å²) in [6, 6.07) is 18.3. The molecule has 4 rings (SSSR count). The van der Waals surface area contributed by atoms with E-state index in [1.807, 2.05) is 12.1 Å². The van der Waals surface area contributed by atoms with Gasteiger partial charge in [-0.2, -0.15) is 5.10 Å². The average molecular weight is 470 g/mol. The lowest BCUT2D eigenvalue weighted by molar-refractivity contribution is 0.102. The first-order chi connectivity index (χ1) is 15.5.